The summed E-state index contributed by atoms with van der Waals surface area (Å²) >= 11 is 13.3. The number of nitrogens with zero attached hydrogens (tertiary/aromatic N) is 4. The van der Waals surface area contributed by atoms with Crippen LogP contribution in [0.1, 0.15) is 59.1 Å². The van der Waals surface area contributed by atoms with Crippen molar-refractivity contribution in [3.8, 4) is 34.6 Å². The first-order valence-electron chi connectivity index (χ1n) is 17.8. The number of carboxylic acid groups (broad SMARTS) is 2. The Balaban J connectivity index is 1.15. The summed E-state index contributed by atoms with van der Waals surface area (Å²) in [6.45, 7) is 6.57. The Morgan fingerprint density at radius 3 is 1.46 bits per heavy atom. The summed E-state index contributed by atoms with van der Waals surface area (Å²) in [7, 11) is 3.04. The summed E-state index contributed by atoms with van der Waals surface area (Å²) in [5, 5.41) is 19.8. The SMILES string of the molecule is COc1nc(OCc2cccc(-c3cccc(COc4nc(OC)c(CN5CCCC5C(=O)O)cc4Cl)c3C)c2C)c(Cl)cc1CN1CCCC1C(=O)O. The molecular weight excluding hydrogens is 735 g/mol. The number of hydrogen-bond donors (Lipinski definition) is 2. The van der Waals surface area contributed by atoms with Crippen LogP contribution in [0, 0.1) is 13.8 Å². The first-order valence-corrected chi connectivity index (χ1v) is 18.6. The van der Waals surface area contributed by atoms with Crippen molar-refractivity contribution in [3.63, 3.8) is 0 Å². The minimum Gasteiger partial charge on any atom is -0.481 e. The van der Waals surface area contributed by atoms with Crippen molar-refractivity contribution in [2.75, 3.05) is 27.3 Å². The van der Waals surface area contributed by atoms with E-state index in [0.717, 1.165) is 46.2 Å². The fraction of sp³-hybridized carbons (Fsp3) is 0.400. The fourth-order valence-corrected chi connectivity index (χ4v) is 7.81. The predicted octanol–water partition coefficient (Wildman–Crippen LogP) is 7.34. The van der Waals surface area contributed by atoms with Crippen LogP contribution in [0.25, 0.3) is 11.1 Å². The van der Waals surface area contributed by atoms with Gasteiger partial charge in [0, 0.05) is 24.2 Å². The van der Waals surface area contributed by atoms with Gasteiger partial charge in [0.1, 0.15) is 35.3 Å². The van der Waals surface area contributed by atoms with Crippen molar-refractivity contribution >= 4 is 35.1 Å². The summed E-state index contributed by atoms with van der Waals surface area (Å²) in [4.78, 5) is 36.3. The lowest BCUT2D eigenvalue weighted by molar-refractivity contribution is -0.143. The third-order valence-corrected chi connectivity index (χ3v) is 10.8. The average Bonchev–Trinajstić information content (AvgIpc) is 3.82. The van der Waals surface area contributed by atoms with Gasteiger partial charge in [0.25, 0.3) is 0 Å². The normalized spacial score (nSPS) is 17.4. The number of aromatic nitrogens is 2. The largest absolute Gasteiger partial charge is 0.481 e. The molecular formula is C40H44Cl2N4O8. The number of carboxylic acids is 2. The van der Waals surface area contributed by atoms with E-state index in [2.05, 4.69) is 22.1 Å². The standard InChI is InChI=1S/C40H44Cl2N4O8/c1-23-25(21-53-37-31(41)17-27(35(43-37)51-3)19-45-15-7-13-33(45)39(47)48)9-5-11-29(23)30-12-6-10-26(24(30)2)22-54-38-32(42)18-28(36(44-38)52-4)20-46-16-8-14-34(46)40(49)50/h5-6,9-12,17-18,33-34H,7-8,13-16,19-22H2,1-4H3,(H,47,48)(H,49,50). The third-order valence-electron chi connectivity index (χ3n) is 10.3. The number of pyridine rings is 2. The molecule has 0 saturated carbocycles. The van der Waals surface area contributed by atoms with Crippen molar-refractivity contribution < 1.29 is 38.7 Å². The highest BCUT2D eigenvalue weighted by molar-refractivity contribution is 6.32. The van der Waals surface area contributed by atoms with Crippen LogP contribution in [-0.2, 0) is 35.9 Å². The molecule has 286 valence electrons. The van der Waals surface area contributed by atoms with Crippen molar-refractivity contribution in [1.82, 2.24) is 19.8 Å². The highest BCUT2D eigenvalue weighted by Gasteiger charge is 2.32. The molecule has 2 aromatic heterocycles. The minimum atomic E-state index is -0.837. The Bertz CT molecular complexity index is 1890. The van der Waals surface area contributed by atoms with Crippen LogP contribution in [0.4, 0.5) is 0 Å². The zero-order valence-corrected chi connectivity index (χ0v) is 32.2. The Kier molecular flexibility index (Phi) is 12.5. The van der Waals surface area contributed by atoms with Crippen LogP contribution in [0.3, 0.4) is 0 Å². The summed E-state index contributed by atoms with van der Waals surface area (Å²) < 4.78 is 23.4. The topological polar surface area (TPSA) is 144 Å². The molecule has 54 heavy (non-hydrogen) atoms. The van der Waals surface area contributed by atoms with Crippen molar-refractivity contribution in [3.05, 3.63) is 92.0 Å². The molecule has 0 bridgehead atoms. The first-order chi connectivity index (χ1) is 26.0. The number of methoxy groups -OCH3 is 2. The van der Waals surface area contributed by atoms with E-state index in [-0.39, 0.29) is 25.0 Å². The first kappa shape index (κ1) is 39.1. The number of carbonyl (C=O) groups is 2. The van der Waals surface area contributed by atoms with Crippen LogP contribution in [0.5, 0.6) is 23.5 Å². The molecule has 14 heteroatoms. The summed E-state index contributed by atoms with van der Waals surface area (Å²) in [5.41, 5.74) is 7.41. The Morgan fingerprint density at radius 2 is 1.09 bits per heavy atom. The zero-order chi connectivity index (χ0) is 38.5. The van der Waals surface area contributed by atoms with Crippen LogP contribution >= 0.6 is 23.2 Å². The van der Waals surface area contributed by atoms with E-state index in [1.165, 1.54) is 14.2 Å². The highest BCUT2D eigenvalue weighted by Crippen LogP contribution is 2.36. The molecule has 2 atom stereocenters. The van der Waals surface area contributed by atoms with Crippen molar-refractivity contribution in [1.29, 1.82) is 0 Å². The molecule has 0 aliphatic carbocycles. The van der Waals surface area contributed by atoms with Gasteiger partial charge in [-0.15, -0.1) is 0 Å². The van der Waals surface area contributed by atoms with E-state index in [0.29, 0.717) is 72.0 Å². The second kappa shape index (κ2) is 17.2. The van der Waals surface area contributed by atoms with Crippen LogP contribution in [0.2, 0.25) is 10.0 Å². The quantitative estimate of drug-likeness (QED) is 0.125. The predicted molar refractivity (Wildman–Crippen MR) is 204 cm³/mol. The van der Waals surface area contributed by atoms with Gasteiger partial charge in [-0.1, -0.05) is 59.6 Å². The number of ether oxygens (including phenoxy) is 4. The Morgan fingerprint density at radius 1 is 0.685 bits per heavy atom. The summed E-state index contributed by atoms with van der Waals surface area (Å²) in [6, 6.07) is 14.5. The van der Waals surface area contributed by atoms with E-state index in [4.69, 9.17) is 42.1 Å². The molecule has 2 fully saturated rings. The van der Waals surface area contributed by atoms with E-state index < -0.39 is 24.0 Å². The monoisotopic (exact) mass is 778 g/mol. The molecule has 2 aromatic carbocycles. The molecule has 12 nitrogen and oxygen atoms in total. The van der Waals surface area contributed by atoms with E-state index in [9.17, 15) is 19.8 Å². The van der Waals surface area contributed by atoms with Gasteiger partial charge in [-0.25, -0.2) is 0 Å². The molecule has 6 rings (SSSR count). The minimum absolute atomic E-state index is 0.209. The maximum atomic E-state index is 11.7. The summed E-state index contributed by atoms with van der Waals surface area (Å²) in [5.74, 6) is -0.538. The van der Waals surface area contributed by atoms with Crippen molar-refractivity contribution in [2.45, 2.75) is 77.9 Å². The van der Waals surface area contributed by atoms with Gasteiger partial charge in [-0.3, -0.25) is 19.4 Å². The average molecular weight is 780 g/mol. The number of rotatable bonds is 15. The summed E-state index contributed by atoms with van der Waals surface area (Å²) in [6.07, 6.45) is 2.83. The second-order valence-electron chi connectivity index (χ2n) is 13.6. The number of benzene rings is 2. The van der Waals surface area contributed by atoms with Gasteiger partial charge in [0.05, 0.1) is 14.2 Å². The molecule has 2 N–H and O–H groups in total. The molecule has 4 aromatic rings. The Labute approximate surface area is 324 Å². The highest BCUT2D eigenvalue weighted by atomic mass is 35.5. The number of aliphatic carboxylic acids is 2. The lowest BCUT2D eigenvalue weighted by atomic mass is 9.92. The maximum absolute atomic E-state index is 11.7. The number of hydrogen-bond acceptors (Lipinski definition) is 10. The molecule has 2 unspecified atom stereocenters. The van der Waals surface area contributed by atoms with Gasteiger partial charge in [-0.05, 0) is 98.1 Å². The van der Waals surface area contributed by atoms with Crippen LogP contribution in [-0.4, -0.2) is 81.3 Å². The third kappa shape index (κ3) is 8.52. The smallest absolute Gasteiger partial charge is 0.320 e. The fourth-order valence-electron chi connectivity index (χ4n) is 7.35. The van der Waals surface area contributed by atoms with Gasteiger partial charge in [0.2, 0.25) is 23.5 Å². The Hall–Kier alpha value is -4.62. The lowest BCUT2D eigenvalue weighted by Crippen LogP contribution is -2.35. The van der Waals surface area contributed by atoms with E-state index in [1.807, 2.05) is 47.9 Å². The van der Waals surface area contributed by atoms with Crippen LogP contribution < -0.4 is 18.9 Å². The maximum Gasteiger partial charge on any atom is 0.320 e. The molecule has 2 saturated heterocycles. The van der Waals surface area contributed by atoms with Crippen LogP contribution in [0.15, 0.2) is 48.5 Å². The van der Waals surface area contributed by atoms with Gasteiger partial charge in [0.15, 0.2) is 0 Å². The molecule has 0 spiro atoms. The van der Waals surface area contributed by atoms with Gasteiger partial charge < -0.3 is 29.2 Å². The van der Waals surface area contributed by atoms with E-state index >= 15 is 0 Å². The molecule has 4 heterocycles. The van der Waals surface area contributed by atoms with E-state index in [1.54, 1.807) is 12.1 Å². The molecule has 0 amide bonds. The number of halogens is 2. The van der Waals surface area contributed by atoms with Gasteiger partial charge >= 0.3 is 11.9 Å². The second-order valence-corrected chi connectivity index (χ2v) is 14.4. The molecule has 2 aliphatic heterocycles. The van der Waals surface area contributed by atoms with Crippen molar-refractivity contribution in [2.24, 2.45) is 0 Å². The number of likely N-dealkylation sites (tertiary alicyclic amines) is 2. The lowest BCUT2D eigenvalue weighted by Gasteiger charge is -2.22. The molecule has 0 radical (unpaired) electrons. The zero-order valence-electron chi connectivity index (χ0n) is 30.7. The molecule has 2 aliphatic rings. The van der Waals surface area contributed by atoms with Gasteiger partial charge in [-0.2, -0.15) is 9.97 Å².